The summed E-state index contributed by atoms with van der Waals surface area (Å²) in [5, 5.41) is 0. The molecule has 0 fully saturated rings. The number of hydrogen-bond donors (Lipinski definition) is 0. The average Bonchev–Trinajstić information content (AvgIpc) is 2.52. The van der Waals surface area contributed by atoms with Crippen LogP contribution in [0.4, 0.5) is 5.69 Å². The molecule has 1 aliphatic heterocycles. The van der Waals surface area contributed by atoms with E-state index in [1.165, 1.54) is 0 Å². The van der Waals surface area contributed by atoms with Gasteiger partial charge in [0.25, 0.3) is 0 Å². The standard InChI is InChI=1S/C14H17NO3/c1-14(2,3)18-13(17)9-5-6-11-10(7-9)8-12(16)15(11)4/h5-7H,8H2,1-4H3. The number of nitrogens with zero attached hydrogens (tertiary/aromatic N) is 1. The first-order valence-electron chi connectivity index (χ1n) is 5.91. The topological polar surface area (TPSA) is 46.6 Å². The van der Waals surface area contributed by atoms with Gasteiger partial charge in [0.05, 0.1) is 12.0 Å². The molecule has 0 aliphatic carbocycles. The Kier molecular flexibility index (Phi) is 2.89. The molecule has 0 N–H and O–H groups in total. The highest BCUT2D eigenvalue weighted by Gasteiger charge is 2.26. The fourth-order valence-electron chi connectivity index (χ4n) is 1.93. The molecule has 1 heterocycles. The minimum atomic E-state index is -0.511. The van der Waals surface area contributed by atoms with Crippen molar-refractivity contribution in [3.63, 3.8) is 0 Å². The average molecular weight is 247 g/mol. The van der Waals surface area contributed by atoms with Crippen molar-refractivity contribution in [1.82, 2.24) is 0 Å². The molecule has 1 amide bonds. The van der Waals surface area contributed by atoms with Crippen molar-refractivity contribution < 1.29 is 14.3 Å². The summed E-state index contributed by atoms with van der Waals surface area (Å²) >= 11 is 0. The second kappa shape index (κ2) is 4.12. The summed E-state index contributed by atoms with van der Waals surface area (Å²) in [5.41, 5.74) is 1.73. The van der Waals surface area contributed by atoms with E-state index in [1.807, 2.05) is 20.8 Å². The molecule has 18 heavy (non-hydrogen) atoms. The molecular formula is C14H17NO3. The van der Waals surface area contributed by atoms with Gasteiger partial charge in [-0.05, 0) is 44.5 Å². The Morgan fingerprint density at radius 1 is 1.33 bits per heavy atom. The number of anilines is 1. The first kappa shape index (κ1) is 12.6. The van der Waals surface area contributed by atoms with Gasteiger partial charge in [0.15, 0.2) is 0 Å². The zero-order chi connectivity index (χ0) is 13.5. The molecule has 2 rings (SSSR count). The monoisotopic (exact) mass is 247 g/mol. The number of ether oxygens (including phenoxy) is 1. The summed E-state index contributed by atoms with van der Waals surface area (Å²) in [6, 6.07) is 5.23. The van der Waals surface area contributed by atoms with Gasteiger partial charge in [-0.2, -0.15) is 0 Å². The number of likely N-dealkylation sites (N-methyl/N-ethyl adjacent to an activating group) is 1. The van der Waals surface area contributed by atoms with E-state index in [2.05, 4.69) is 0 Å². The van der Waals surface area contributed by atoms with Crippen LogP contribution >= 0.6 is 0 Å². The maximum absolute atomic E-state index is 11.9. The lowest BCUT2D eigenvalue weighted by Gasteiger charge is -2.19. The van der Waals surface area contributed by atoms with Gasteiger partial charge < -0.3 is 9.64 Å². The van der Waals surface area contributed by atoms with Crippen molar-refractivity contribution in [3.05, 3.63) is 29.3 Å². The Labute approximate surface area is 107 Å². The number of fused-ring (bicyclic) bond motifs is 1. The number of amides is 1. The predicted molar refractivity (Wildman–Crippen MR) is 68.7 cm³/mol. The van der Waals surface area contributed by atoms with E-state index in [-0.39, 0.29) is 11.9 Å². The Bertz CT molecular complexity index is 514. The molecule has 0 atom stereocenters. The molecule has 1 aromatic carbocycles. The van der Waals surface area contributed by atoms with Gasteiger partial charge in [0, 0.05) is 12.7 Å². The third-order valence-electron chi connectivity index (χ3n) is 2.79. The largest absolute Gasteiger partial charge is 0.456 e. The van der Waals surface area contributed by atoms with Crippen molar-refractivity contribution >= 4 is 17.6 Å². The van der Waals surface area contributed by atoms with Crippen LogP contribution in [0.1, 0.15) is 36.7 Å². The third-order valence-corrected chi connectivity index (χ3v) is 2.79. The number of hydrogen-bond acceptors (Lipinski definition) is 3. The van der Waals surface area contributed by atoms with E-state index >= 15 is 0 Å². The maximum atomic E-state index is 11.9. The van der Waals surface area contributed by atoms with Gasteiger partial charge >= 0.3 is 5.97 Å². The van der Waals surface area contributed by atoms with Gasteiger partial charge in [0.2, 0.25) is 5.91 Å². The fraction of sp³-hybridized carbons (Fsp3) is 0.429. The smallest absolute Gasteiger partial charge is 0.338 e. The third kappa shape index (κ3) is 2.37. The molecule has 0 saturated carbocycles. The Morgan fingerprint density at radius 3 is 2.61 bits per heavy atom. The molecule has 4 nitrogen and oxygen atoms in total. The predicted octanol–water partition coefficient (Wildman–Crippen LogP) is 2.16. The van der Waals surface area contributed by atoms with Gasteiger partial charge in [0.1, 0.15) is 5.60 Å². The van der Waals surface area contributed by atoms with E-state index < -0.39 is 5.60 Å². The molecule has 0 bridgehead atoms. The second-order valence-electron chi connectivity index (χ2n) is 5.47. The highest BCUT2D eigenvalue weighted by Crippen LogP contribution is 2.28. The zero-order valence-corrected chi connectivity index (χ0v) is 11.1. The highest BCUT2D eigenvalue weighted by molar-refractivity contribution is 6.02. The summed E-state index contributed by atoms with van der Waals surface area (Å²) in [7, 11) is 1.74. The minimum Gasteiger partial charge on any atom is -0.456 e. The number of carbonyl (C=O) groups is 2. The van der Waals surface area contributed by atoms with Crippen molar-refractivity contribution in [1.29, 1.82) is 0 Å². The SMILES string of the molecule is CN1C(=O)Cc2cc(C(=O)OC(C)(C)C)ccc21. The lowest BCUT2D eigenvalue weighted by Crippen LogP contribution is -2.24. The van der Waals surface area contributed by atoms with E-state index in [9.17, 15) is 9.59 Å². The summed E-state index contributed by atoms with van der Waals surface area (Å²) in [5.74, 6) is -0.307. The lowest BCUT2D eigenvalue weighted by atomic mass is 10.1. The summed E-state index contributed by atoms with van der Waals surface area (Å²) in [4.78, 5) is 25.1. The van der Waals surface area contributed by atoms with Crippen LogP contribution in [-0.4, -0.2) is 24.5 Å². The molecule has 1 aromatic rings. The van der Waals surface area contributed by atoms with Crippen LogP contribution in [0.2, 0.25) is 0 Å². The molecule has 96 valence electrons. The Morgan fingerprint density at radius 2 is 2.00 bits per heavy atom. The summed E-state index contributed by atoms with van der Waals surface area (Å²) < 4.78 is 5.30. The van der Waals surface area contributed by atoms with Crippen LogP contribution in [-0.2, 0) is 16.0 Å². The van der Waals surface area contributed by atoms with Crippen LogP contribution in [0, 0.1) is 0 Å². The minimum absolute atomic E-state index is 0.0475. The molecule has 0 saturated heterocycles. The van der Waals surface area contributed by atoms with Crippen LogP contribution in [0.15, 0.2) is 18.2 Å². The van der Waals surface area contributed by atoms with Gasteiger partial charge in [-0.1, -0.05) is 0 Å². The number of carbonyl (C=O) groups excluding carboxylic acids is 2. The quantitative estimate of drug-likeness (QED) is 0.714. The second-order valence-corrected chi connectivity index (χ2v) is 5.47. The Hall–Kier alpha value is -1.84. The van der Waals surface area contributed by atoms with Crippen molar-refractivity contribution in [2.24, 2.45) is 0 Å². The van der Waals surface area contributed by atoms with Crippen LogP contribution in [0.3, 0.4) is 0 Å². The lowest BCUT2D eigenvalue weighted by molar-refractivity contribution is -0.117. The normalized spacial score (nSPS) is 14.7. The van der Waals surface area contributed by atoms with E-state index in [1.54, 1.807) is 30.1 Å². The first-order valence-corrected chi connectivity index (χ1v) is 5.91. The maximum Gasteiger partial charge on any atom is 0.338 e. The molecule has 0 radical (unpaired) electrons. The molecular weight excluding hydrogens is 230 g/mol. The van der Waals surface area contributed by atoms with Crippen LogP contribution in [0.5, 0.6) is 0 Å². The van der Waals surface area contributed by atoms with Gasteiger partial charge in [-0.3, -0.25) is 4.79 Å². The molecule has 1 aliphatic rings. The number of benzene rings is 1. The number of rotatable bonds is 1. The van der Waals surface area contributed by atoms with Crippen molar-refractivity contribution in [3.8, 4) is 0 Å². The molecule has 4 heteroatoms. The van der Waals surface area contributed by atoms with Crippen molar-refractivity contribution in [2.75, 3.05) is 11.9 Å². The summed E-state index contributed by atoms with van der Waals surface area (Å²) in [6.07, 6.45) is 0.350. The first-order chi connectivity index (χ1) is 8.28. The summed E-state index contributed by atoms with van der Waals surface area (Å²) in [6.45, 7) is 5.49. The molecule has 0 unspecified atom stereocenters. The van der Waals surface area contributed by atoms with Gasteiger partial charge in [-0.15, -0.1) is 0 Å². The molecule has 0 spiro atoms. The van der Waals surface area contributed by atoms with E-state index in [0.29, 0.717) is 12.0 Å². The zero-order valence-electron chi connectivity index (χ0n) is 11.1. The number of esters is 1. The van der Waals surface area contributed by atoms with Crippen molar-refractivity contribution in [2.45, 2.75) is 32.8 Å². The van der Waals surface area contributed by atoms with E-state index in [4.69, 9.17) is 4.74 Å². The van der Waals surface area contributed by atoms with Gasteiger partial charge in [-0.25, -0.2) is 4.79 Å². The van der Waals surface area contributed by atoms with Crippen LogP contribution < -0.4 is 4.90 Å². The van der Waals surface area contributed by atoms with Crippen LogP contribution in [0.25, 0.3) is 0 Å². The fourth-order valence-corrected chi connectivity index (χ4v) is 1.93. The highest BCUT2D eigenvalue weighted by atomic mass is 16.6. The molecule has 0 aromatic heterocycles. The van der Waals surface area contributed by atoms with E-state index in [0.717, 1.165) is 11.3 Å². The Balaban J connectivity index is 2.26.